The number of fused-ring (bicyclic) bond motifs is 3. The molecule has 0 amide bonds. The molecule has 4 rings (SSSR count). The fourth-order valence-corrected chi connectivity index (χ4v) is 3.42. The van der Waals surface area contributed by atoms with Crippen molar-refractivity contribution in [3.8, 4) is 5.75 Å². The first kappa shape index (κ1) is 12.7. The molecule has 1 fully saturated rings. The van der Waals surface area contributed by atoms with E-state index in [1.54, 1.807) is 0 Å². The summed E-state index contributed by atoms with van der Waals surface area (Å²) in [6.45, 7) is 3.14. The quantitative estimate of drug-likeness (QED) is 0.744. The fraction of sp³-hybridized carbons (Fsp3) is 0.333. The number of aromatic hydroxyl groups is 1. The van der Waals surface area contributed by atoms with Gasteiger partial charge in [-0.25, -0.2) is 0 Å². The molecule has 108 valence electrons. The molecule has 0 saturated carbocycles. The Morgan fingerprint density at radius 3 is 2.62 bits per heavy atom. The van der Waals surface area contributed by atoms with Crippen LogP contribution in [-0.4, -0.2) is 28.1 Å². The second kappa shape index (κ2) is 5.08. The van der Waals surface area contributed by atoms with E-state index < -0.39 is 0 Å². The molecule has 2 N–H and O–H groups in total. The van der Waals surface area contributed by atoms with E-state index >= 15 is 0 Å². The Balaban J connectivity index is 1.77. The van der Waals surface area contributed by atoms with Crippen LogP contribution in [0, 0.1) is 0 Å². The van der Waals surface area contributed by atoms with Gasteiger partial charge in [0.2, 0.25) is 0 Å². The highest BCUT2D eigenvalue weighted by Crippen LogP contribution is 2.31. The fourth-order valence-electron chi connectivity index (χ4n) is 3.42. The molecule has 3 heteroatoms. The number of hydrogen-bond donors (Lipinski definition) is 2. The van der Waals surface area contributed by atoms with Gasteiger partial charge in [-0.2, -0.15) is 0 Å². The van der Waals surface area contributed by atoms with E-state index in [0.717, 1.165) is 36.2 Å². The van der Waals surface area contributed by atoms with E-state index in [4.69, 9.17) is 0 Å². The van der Waals surface area contributed by atoms with Crippen molar-refractivity contribution >= 4 is 21.8 Å². The number of para-hydroxylation sites is 1. The lowest BCUT2D eigenvalue weighted by atomic mass is 10.1. The molecule has 2 heterocycles. The third kappa shape index (κ3) is 2.28. The third-order valence-electron chi connectivity index (χ3n) is 4.55. The van der Waals surface area contributed by atoms with Gasteiger partial charge in [0, 0.05) is 34.5 Å². The molecule has 0 unspecified atom stereocenters. The third-order valence-corrected chi connectivity index (χ3v) is 4.55. The van der Waals surface area contributed by atoms with Crippen molar-refractivity contribution in [2.75, 3.05) is 13.1 Å². The van der Waals surface area contributed by atoms with Crippen molar-refractivity contribution < 1.29 is 5.11 Å². The van der Waals surface area contributed by atoms with Gasteiger partial charge < -0.3 is 10.1 Å². The maximum atomic E-state index is 10.3. The summed E-state index contributed by atoms with van der Waals surface area (Å²) in [5.41, 5.74) is 3.17. The molecule has 3 aromatic rings. The number of nitrogens with zero attached hydrogens (tertiary/aromatic N) is 1. The van der Waals surface area contributed by atoms with Crippen molar-refractivity contribution in [2.24, 2.45) is 0 Å². The molecule has 2 aromatic carbocycles. The average Bonchev–Trinajstić information content (AvgIpc) is 2.86. The van der Waals surface area contributed by atoms with Crippen molar-refractivity contribution in [3.63, 3.8) is 0 Å². The normalized spacial score (nSPS) is 16.8. The number of piperidine rings is 1. The van der Waals surface area contributed by atoms with Crippen LogP contribution in [0.15, 0.2) is 36.4 Å². The van der Waals surface area contributed by atoms with E-state index in [0.29, 0.717) is 5.75 Å². The molecule has 0 spiro atoms. The maximum Gasteiger partial charge on any atom is 0.122 e. The van der Waals surface area contributed by atoms with Crippen LogP contribution in [0.5, 0.6) is 5.75 Å². The monoisotopic (exact) mass is 280 g/mol. The molecule has 1 saturated heterocycles. The summed E-state index contributed by atoms with van der Waals surface area (Å²) in [4.78, 5) is 5.82. The molecule has 0 aliphatic carbocycles. The summed E-state index contributed by atoms with van der Waals surface area (Å²) in [6.07, 6.45) is 3.89. The molecule has 0 radical (unpaired) electrons. The van der Waals surface area contributed by atoms with Gasteiger partial charge in [-0.05, 0) is 38.1 Å². The summed E-state index contributed by atoms with van der Waals surface area (Å²) >= 11 is 0. The number of H-pyrrole nitrogens is 1. The van der Waals surface area contributed by atoms with Crippen molar-refractivity contribution in [3.05, 3.63) is 42.0 Å². The number of aromatic amines is 1. The van der Waals surface area contributed by atoms with Crippen molar-refractivity contribution in [1.82, 2.24) is 9.88 Å². The smallest absolute Gasteiger partial charge is 0.122 e. The van der Waals surface area contributed by atoms with E-state index in [-0.39, 0.29) is 0 Å². The Morgan fingerprint density at radius 1 is 0.952 bits per heavy atom. The van der Waals surface area contributed by atoms with Crippen LogP contribution in [0.4, 0.5) is 0 Å². The highest BCUT2D eigenvalue weighted by atomic mass is 16.3. The van der Waals surface area contributed by atoms with Gasteiger partial charge >= 0.3 is 0 Å². The Bertz CT molecular complexity index is 784. The highest BCUT2D eigenvalue weighted by Gasteiger charge is 2.14. The minimum atomic E-state index is 0.402. The predicted octanol–water partition coefficient (Wildman–Crippen LogP) is 4.01. The summed E-state index contributed by atoms with van der Waals surface area (Å²) in [6, 6.07) is 12.3. The predicted molar refractivity (Wildman–Crippen MR) is 86.6 cm³/mol. The van der Waals surface area contributed by atoms with Crippen LogP contribution in [0.25, 0.3) is 21.8 Å². The molecular formula is C18H20N2O. The van der Waals surface area contributed by atoms with Crippen LogP contribution >= 0.6 is 0 Å². The van der Waals surface area contributed by atoms with E-state index in [9.17, 15) is 5.11 Å². The Labute approximate surface area is 124 Å². The molecule has 0 atom stereocenters. The largest absolute Gasteiger partial charge is 0.508 e. The summed E-state index contributed by atoms with van der Waals surface area (Å²) in [5.74, 6) is 0.402. The van der Waals surface area contributed by atoms with Crippen LogP contribution in [0.1, 0.15) is 24.8 Å². The Kier molecular flexibility index (Phi) is 3.08. The number of hydrogen-bond acceptors (Lipinski definition) is 2. The summed E-state index contributed by atoms with van der Waals surface area (Å²) in [7, 11) is 0. The summed E-state index contributed by atoms with van der Waals surface area (Å²) in [5, 5.41) is 12.8. The van der Waals surface area contributed by atoms with Gasteiger partial charge in [-0.3, -0.25) is 4.90 Å². The molecule has 21 heavy (non-hydrogen) atoms. The number of phenols is 1. The number of likely N-dealkylation sites (tertiary alicyclic amines) is 1. The van der Waals surface area contributed by atoms with Crippen LogP contribution in [0.3, 0.4) is 0 Å². The maximum absolute atomic E-state index is 10.3. The topological polar surface area (TPSA) is 39.3 Å². The standard InChI is InChI=1S/C18H20N2O/c21-18-11-17-15(14-6-2-3-7-16(14)19-17)10-13(18)12-20-8-4-1-5-9-20/h2-3,6-7,10-11,19,21H,1,4-5,8-9,12H2. The van der Waals surface area contributed by atoms with Crippen molar-refractivity contribution in [1.29, 1.82) is 0 Å². The number of benzene rings is 2. The zero-order valence-electron chi connectivity index (χ0n) is 12.1. The second-order valence-corrected chi connectivity index (χ2v) is 6.03. The molecule has 3 nitrogen and oxygen atoms in total. The Morgan fingerprint density at radius 2 is 1.76 bits per heavy atom. The molecule has 0 bridgehead atoms. The lowest BCUT2D eigenvalue weighted by molar-refractivity contribution is 0.218. The molecule has 1 aliphatic heterocycles. The van der Waals surface area contributed by atoms with Gasteiger partial charge in [0.15, 0.2) is 0 Å². The first-order chi connectivity index (χ1) is 10.3. The second-order valence-electron chi connectivity index (χ2n) is 6.03. The minimum absolute atomic E-state index is 0.402. The first-order valence-corrected chi connectivity index (χ1v) is 7.76. The number of nitrogens with one attached hydrogen (secondary N) is 1. The van der Waals surface area contributed by atoms with Crippen molar-refractivity contribution in [2.45, 2.75) is 25.8 Å². The van der Waals surface area contributed by atoms with Crippen LogP contribution in [0.2, 0.25) is 0 Å². The van der Waals surface area contributed by atoms with Gasteiger partial charge in [0.25, 0.3) is 0 Å². The molecular weight excluding hydrogens is 260 g/mol. The molecule has 1 aromatic heterocycles. The summed E-state index contributed by atoms with van der Waals surface area (Å²) < 4.78 is 0. The first-order valence-electron chi connectivity index (χ1n) is 7.76. The highest BCUT2D eigenvalue weighted by molar-refractivity contribution is 6.07. The zero-order valence-corrected chi connectivity index (χ0v) is 12.1. The van der Waals surface area contributed by atoms with E-state index in [2.05, 4.69) is 34.1 Å². The average molecular weight is 280 g/mol. The minimum Gasteiger partial charge on any atom is -0.508 e. The van der Waals surface area contributed by atoms with Gasteiger partial charge in [-0.1, -0.05) is 24.6 Å². The van der Waals surface area contributed by atoms with E-state index in [1.807, 2.05) is 12.1 Å². The van der Waals surface area contributed by atoms with E-state index in [1.165, 1.54) is 30.0 Å². The van der Waals surface area contributed by atoms with Gasteiger partial charge in [0.05, 0.1) is 5.52 Å². The Hall–Kier alpha value is -2.00. The van der Waals surface area contributed by atoms with Crippen LogP contribution in [-0.2, 0) is 6.54 Å². The zero-order chi connectivity index (χ0) is 14.2. The van der Waals surface area contributed by atoms with Gasteiger partial charge in [0.1, 0.15) is 5.75 Å². The SMILES string of the molecule is Oc1cc2[nH]c3ccccc3c2cc1CN1CCCCC1. The number of rotatable bonds is 2. The lowest BCUT2D eigenvalue weighted by Crippen LogP contribution is -2.29. The van der Waals surface area contributed by atoms with Gasteiger partial charge in [-0.15, -0.1) is 0 Å². The van der Waals surface area contributed by atoms with Crippen LogP contribution < -0.4 is 0 Å². The lowest BCUT2D eigenvalue weighted by Gasteiger charge is -2.26. The number of aromatic nitrogens is 1. The number of phenolic OH excluding ortho intramolecular Hbond substituents is 1. The molecule has 1 aliphatic rings.